The molecule has 0 aliphatic carbocycles. The lowest BCUT2D eigenvalue weighted by Gasteiger charge is -2.36. The van der Waals surface area contributed by atoms with Gasteiger partial charge in [0, 0.05) is 20.1 Å². The monoisotopic (exact) mass is 291 g/mol. The van der Waals surface area contributed by atoms with Crippen LogP contribution in [0, 0.1) is 16.0 Å². The van der Waals surface area contributed by atoms with Gasteiger partial charge in [-0.2, -0.15) is 0 Å². The van der Waals surface area contributed by atoms with Crippen LogP contribution in [-0.4, -0.2) is 42.0 Å². The molecule has 2 saturated heterocycles. The summed E-state index contributed by atoms with van der Waals surface area (Å²) < 4.78 is 0. The molecule has 8 heteroatoms. The molecule has 2 aliphatic heterocycles. The average Bonchev–Trinajstić information content (AvgIpc) is 2.88. The Morgan fingerprint density at radius 1 is 1.52 bits per heavy atom. The van der Waals surface area contributed by atoms with Crippen molar-refractivity contribution < 1.29 is 9.72 Å². The molecule has 2 unspecified atom stereocenters. The number of rotatable bonds is 3. The molecular weight excluding hydrogens is 274 g/mol. The molecule has 2 fully saturated rings. The van der Waals surface area contributed by atoms with Gasteiger partial charge in [0.25, 0.3) is 5.69 Å². The SMILES string of the molecule is CNc1cc([N+](=O)[O-])cc(N2CCCC3C(=O)NCC32)n1. The number of fused-ring (bicyclic) bond motifs is 1. The fraction of sp³-hybridized carbons (Fsp3) is 0.538. The van der Waals surface area contributed by atoms with Crippen LogP contribution in [0.25, 0.3) is 0 Å². The summed E-state index contributed by atoms with van der Waals surface area (Å²) in [7, 11) is 1.68. The van der Waals surface area contributed by atoms with E-state index in [0.717, 1.165) is 19.4 Å². The van der Waals surface area contributed by atoms with E-state index in [9.17, 15) is 14.9 Å². The first kappa shape index (κ1) is 13.6. The Balaban J connectivity index is 1.97. The molecule has 0 bridgehead atoms. The van der Waals surface area contributed by atoms with E-state index in [4.69, 9.17) is 0 Å². The zero-order valence-corrected chi connectivity index (χ0v) is 11.7. The highest BCUT2D eigenvalue weighted by molar-refractivity contribution is 5.83. The molecule has 0 spiro atoms. The van der Waals surface area contributed by atoms with Crippen LogP contribution in [0.15, 0.2) is 12.1 Å². The van der Waals surface area contributed by atoms with Gasteiger partial charge in [-0.25, -0.2) is 4.98 Å². The second-order valence-corrected chi connectivity index (χ2v) is 5.33. The van der Waals surface area contributed by atoms with Gasteiger partial charge in [0.1, 0.15) is 11.6 Å². The number of nitro groups is 1. The predicted octanol–water partition coefficient (Wildman–Crippen LogP) is 0.746. The van der Waals surface area contributed by atoms with E-state index in [1.807, 2.05) is 4.90 Å². The smallest absolute Gasteiger partial charge is 0.276 e. The normalized spacial score (nSPS) is 24.4. The summed E-state index contributed by atoms with van der Waals surface area (Å²) in [6.07, 6.45) is 1.74. The summed E-state index contributed by atoms with van der Waals surface area (Å²) in [6, 6.07) is 2.92. The van der Waals surface area contributed by atoms with Gasteiger partial charge < -0.3 is 15.5 Å². The largest absolute Gasteiger partial charge is 0.373 e. The van der Waals surface area contributed by atoms with Crippen molar-refractivity contribution in [1.29, 1.82) is 0 Å². The number of nitrogens with zero attached hydrogens (tertiary/aromatic N) is 3. The van der Waals surface area contributed by atoms with Crippen molar-refractivity contribution in [2.75, 3.05) is 30.4 Å². The fourth-order valence-electron chi connectivity index (χ4n) is 3.12. The number of piperidine rings is 1. The van der Waals surface area contributed by atoms with E-state index in [-0.39, 0.29) is 23.6 Å². The van der Waals surface area contributed by atoms with Crippen LogP contribution in [0.4, 0.5) is 17.3 Å². The fourth-order valence-corrected chi connectivity index (χ4v) is 3.12. The molecule has 0 radical (unpaired) electrons. The van der Waals surface area contributed by atoms with Crippen molar-refractivity contribution in [2.45, 2.75) is 18.9 Å². The van der Waals surface area contributed by atoms with E-state index < -0.39 is 4.92 Å². The Morgan fingerprint density at radius 3 is 3.05 bits per heavy atom. The Hall–Kier alpha value is -2.38. The molecule has 0 aromatic carbocycles. The third-order valence-corrected chi connectivity index (χ3v) is 4.16. The maximum Gasteiger partial charge on any atom is 0.276 e. The van der Waals surface area contributed by atoms with Crippen LogP contribution >= 0.6 is 0 Å². The molecule has 2 aliphatic rings. The van der Waals surface area contributed by atoms with Crippen LogP contribution in [-0.2, 0) is 4.79 Å². The number of aromatic nitrogens is 1. The van der Waals surface area contributed by atoms with Crippen molar-refractivity contribution >= 4 is 23.2 Å². The van der Waals surface area contributed by atoms with Gasteiger partial charge in [0.15, 0.2) is 0 Å². The number of hydrogen-bond acceptors (Lipinski definition) is 6. The second kappa shape index (κ2) is 5.19. The van der Waals surface area contributed by atoms with E-state index in [0.29, 0.717) is 18.2 Å². The molecule has 0 saturated carbocycles. The summed E-state index contributed by atoms with van der Waals surface area (Å²) in [6.45, 7) is 1.33. The lowest BCUT2D eigenvalue weighted by atomic mass is 9.91. The third kappa shape index (κ3) is 2.37. The highest BCUT2D eigenvalue weighted by atomic mass is 16.6. The van der Waals surface area contributed by atoms with Gasteiger partial charge >= 0.3 is 0 Å². The Bertz CT molecular complexity index is 591. The molecule has 3 rings (SSSR count). The number of amides is 1. The van der Waals surface area contributed by atoms with E-state index >= 15 is 0 Å². The van der Waals surface area contributed by atoms with Gasteiger partial charge in [-0.3, -0.25) is 14.9 Å². The van der Waals surface area contributed by atoms with E-state index in [2.05, 4.69) is 15.6 Å². The van der Waals surface area contributed by atoms with E-state index in [1.54, 1.807) is 7.05 Å². The molecule has 21 heavy (non-hydrogen) atoms. The molecule has 1 aromatic rings. The topological polar surface area (TPSA) is 100 Å². The number of nitrogens with one attached hydrogen (secondary N) is 2. The average molecular weight is 291 g/mol. The van der Waals surface area contributed by atoms with Gasteiger partial charge in [0.2, 0.25) is 5.91 Å². The molecule has 8 nitrogen and oxygen atoms in total. The van der Waals surface area contributed by atoms with E-state index in [1.165, 1.54) is 12.1 Å². The number of carbonyl (C=O) groups excluding carboxylic acids is 1. The minimum Gasteiger partial charge on any atom is -0.373 e. The molecule has 3 heterocycles. The number of carbonyl (C=O) groups is 1. The van der Waals surface area contributed by atoms with Crippen LogP contribution in [0.3, 0.4) is 0 Å². The summed E-state index contributed by atoms with van der Waals surface area (Å²) >= 11 is 0. The van der Waals surface area contributed by atoms with Crippen LogP contribution in [0.5, 0.6) is 0 Å². The molecule has 2 atom stereocenters. The standard InChI is InChI=1S/C13H17N5O3/c1-14-11-5-8(18(20)21)6-12(16-11)17-4-2-3-9-10(17)7-15-13(9)19/h5-6,9-10H,2-4,7H2,1H3,(H,14,16)(H,15,19). The van der Waals surface area contributed by atoms with Gasteiger partial charge in [-0.1, -0.05) is 0 Å². The number of anilines is 2. The second-order valence-electron chi connectivity index (χ2n) is 5.33. The third-order valence-electron chi connectivity index (χ3n) is 4.16. The van der Waals surface area contributed by atoms with Crippen molar-refractivity contribution in [3.63, 3.8) is 0 Å². The first-order valence-electron chi connectivity index (χ1n) is 6.98. The maximum atomic E-state index is 11.8. The maximum absolute atomic E-state index is 11.8. The summed E-state index contributed by atoms with van der Waals surface area (Å²) in [5.74, 6) is 1.04. The van der Waals surface area contributed by atoms with Crippen LogP contribution in [0.1, 0.15) is 12.8 Å². The minimum absolute atomic E-state index is 0.00348. The summed E-state index contributed by atoms with van der Waals surface area (Å²) in [5.41, 5.74) is 0.00348. The van der Waals surface area contributed by atoms with Crippen LogP contribution in [0.2, 0.25) is 0 Å². The number of hydrogen-bond donors (Lipinski definition) is 2. The van der Waals surface area contributed by atoms with Crippen LogP contribution < -0.4 is 15.5 Å². The molecule has 112 valence electrons. The van der Waals surface area contributed by atoms with Crippen molar-refractivity contribution in [3.8, 4) is 0 Å². The summed E-state index contributed by atoms with van der Waals surface area (Å²) in [4.78, 5) is 28.9. The molecule has 2 N–H and O–H groups in total. The van der Waals surface area contributed by atoms with Gasteiger partial charge in [-0.15, -0.1) is 0 Å². The van der Waals surface area contributed by atoms with Gasteiger partial charge in [0.05, 0.1) is 29.0 Å². The Labute approximate surface area is 121 Å². The highest BCUT2D eigenvalue weighted by Crippen LogP contribution is 2.32. The summed E-state index contributed by atoms with van der Waals surface area (Å²) in [5, 5.41) is 16.8. The van der Waals surface area contributed by atoms with Gasteiger partial charge in [-0.05, 0) is 12.8 Å². The quantitative estimate of drug-likeness (QED) is 0.629. The van der Waals surface area contributed by atoms with Crippen molar-refractivity contribution in [1.82, 2.24) is 10.3 Å². The predicted molar refractivity (Wildman–Crippen MR) is 77.3 cm³/mol. The molecular formula is C13H17N5O3. The molecule has 1 aromatic heterocycles. The van der Waals surface area contributed by atoms with Crippen molar-refractivity contribution in [2.24, 2.45) is 5.92 Å². The zero-order valence-electron chi connectivity index (χ0n) is 11.7. The number of pyridine rings is 1. The zero-order chi connectivity index (χ0) is 15.0. The first-order chi connectivity index (χ1) is 10.1. The minimum atomic E-state index is -0.425. The van der Waals surface area contributed by atoms with Crippen molar-refractivity contribution in [3.05, 3.63) is 22.2 Å². The lowest BCUT2D eigenvalue weighted by molar-refractivity contribution is -0.384. The molecule has 1 amide bonds. The first-order valence-corrected chi connectivity index (χ1v) is 6.98. The Morgan fingerprint density at radius 2 is 2.33 bits per heavy atom. The lowest BCUT2D eigenvalue weighted by Crippen LogP contribution is -2.46. The highest BCUT2D eigenvalue weighted by Gasteiger charge is 2.41. The Kier molecular flexibility index (Phi) is 3.36.